The minimum absolute atomic E-state index is 0.108. The highest BCUT2D eigenvalue weighted by Crippen LogP contribution is 2.53. The van der Waals surface area contributed by atoms with Crippen LogP contribution >= 0.6 is 22.6 Å². The van der Waals surface area contributed by atoms with Crippen molar-refractivity contribution in [3.8, 4) is 5.75 Å². The number of aliphatic hydroxyl groups is 3. The molecule has 0 saturated heterocycles. The van der Waals surface area contributed by atoms with Crippen LogP contribution in [-0.4, -0.2) is 80.2 Å². The highest BCUT2D eigenvalue weighted by atomic mass is 127. The number of rotatable bonds is 2. The van der Waals surface area contributed by atoms with E-state index in [4.69, 9.17) is 28.9 Å². The summed E-state index contributed by atoms with van der Waals surface area (Å²) in [6.45, 7) is 1.47. The van der Waals surface area contributed by atoms with Gasteiger partial charge in [0.05, 0.1) is 5.56 Å². The van der Waals surface area contributed by atoms with Gasteiger partial charge in [0.2, 0.25) is 5.78 Å². The Balaban J connectivity index is 0.000000588. The molecule has 3 aliphatic carbocycles. The number of Topliss-reactive ketones (excluding diaryl/α,β-unsaturated/α-hetero) is 2. The Morgan fingerprint density at radius 3 is 2.38 bits per heavy atom. The van der Waals surface area contributed by atoms with Gasteiger partial charge in [-0.1, -0.05) is 6.92 Å². The van der Waals surface area contributed by atoms with E-state index in [1.54, 1.807) is 6.07 Å². The molecule has 0 heterocycles. The van der Waals surface area contributed by atoms with E-state index >= 15 is 0 Å². The standard InChI is InChI=1S/C20H18INO7.B5/c1-6-9-5-7-4-8-10(21)2-3-11(23)13(8)16(25)12(7)17(26)20(9,29)18(27)14(15(6)24)19(22)28;1-4-5(2)3/h2-3,6-7,9,23,25,27,29H,4-5H2,1H3,(H2,22,28);/t6-,7?,9?,20-;/m0./s1. The van der Waals surface area contributed by atoms with Crippen LogP contribution in [-0.2, 0) is 20.8 Å². The fourth-order valence-corrected chi connectivity index (χ4v) is 5.57. The van der Waals surface area contributed by atoms with E-state index in [0.717, 1.165) is 3.57 Å². The Bertz CT molecular complexity index is 1150. The lowest BCUT2D eigenvalue weighted by molar-refractivity contribution is -0.152. The molecule has 1 fully saturated rings. The smallest absolute Gasteiger partial charge is 0.255 e. The van der Waals surface area contributed by atoms with Gasteiger partial charge in [-0.15, -0.1) is 0 Å². The summed E-state index contributed by atoms with van der Waals surface area (Å²) in [6.07, 6.45) is -0.0288. The summed E-state index contributed by atoms with van der Waals surface area (Å²) in [6, 6.07) is 3.08. The number of aromatic hydroxyl groups is 1. The van der Waals surface area contributed by atoms with E-state index in [1.807, 2.05) is 0 Å². The molecule has 8 nitrogen and oxygen atoms in total. The summed E-state index contributed by atoms with van der Waals surface area (Å²) in [5, 5.41) is 42.9. The second-order valence-corrected chi connectivity index (χ2v) is 9.69. The molecule has 0 bridgehead atoms. The number of phenolic OH excluding ortho intramolecular Hbond substituents is 1. The molecule has 167 valence electrons. The number of hydrogen-bond acceptors (Lipinski definition) is 7. The molecule has 1 aromatic rings. The fraction of sp³-hybridized carbons (Fsp3) is 0.350. The molecule has 6 N–H and O–H groups in total. The Kier molecular flexibility index (Phi) is 7.43. The van der Waals surface area contributed by atoms with Crippen LogP contribution in [0.5, 0.6) is 5.75 Å². The minimum atomic E-state index is -2.55. The van der Waals surface area contributed by atoms with Crippen molar-refractivity contribution in [1.29, 1.82) is 0 Å². The zero-order valence-electron chi connectivity index (χ0n) is 18.2. The van der Waals surface area contributed by atoms with Gasteiger partial charge in [0.1, 0.15) is 22.8 Å². The van der Waals surface area contributed by atoms with E-state index < -0.39 is 64.3 Å². The summed E-state index contributed by atoms with van der Waals surface area (Å²) in [5.74, 6) is -7.14. The number of carbonyl (C=O) groups excluding carboxylic acids is 3. The maximum absolute atomic E-state index is 13.4. The monoisotopic (exact) mass is 566 g/mol. The van der Waals surface area contributed by atoms with Crippen molar-refractivity contribution in [2.45, 2.75) is 25.4 Å². The Labute approximate surface area is 215 Å². The molecule has 3 aliphatic rings. The van der Waals surface area contributed by atoms with Crippen LogP contribution in [0.2, 0.25) is 0 Å². The number of fused-ring (bicyclic) bond motifs is 3. The zero-order chi connectivity index (χ0) is 25.7. The van der Waals surface area contributed by atoms with Crippen LogP contribution in [0.4, 0.5) is 0 Å². The first kappa shape index (κ1) is 26.5. The number of primary amides is 1. The third-order valence-electron chi connectivity index (χ3n) is 6.58. The molecule has 1 amide bonds. The number of halogens is 1. The van der Waals surface area contributed by atoms with Gasteiger partial charge in [0, 0.05) is 57.6 Å². The Morgan fingerprint density at radius 1 is 1.26 bits per heavy atom. The number of phenols is 1. The lowest BCUT2D eigenvalue weighted by Crippen LogP contribution is -2.61. The van der Waals surface area contributed by atoms with E-state index in [0.29, 0.717) is 12.0 Å². The maximum Gasteiger partial charge on any atom is 0.255 e. The van der Waals surface area contributed by atoms with Gasteiger partial charge < -0.3 is 26.2 Å². The quantitative estimate of drug-likeness (QED) is 0.182. The van der Waals surface area contributed by atoms with E-state index in [9.17, 15) is 34.8 Å². The average molecular weight is 565 g/mol. The van der Waals surface area contributed by atoms with E-state index in [-0.39, 0.29) is 23.3 Å². The van der Waals surface area contributed by atoms with Crippen molar-refractivity contribution >= 4 is 82.5 Å². The highest BCUT2D eigenvalue weighted by Gasteiger charge is 2.62. The molecular weight excluding hydrogens is 547 g/mol. The second-order valence-electron chi connectivity index (χ2n) is 8.53. The number of ketones is 2. The topological polar surface area (TPSA) is 158 Å². The van der Waals surface area contributed by atoms with Gasteiger partial charge in [-0.05, 0) is 59.0 Å². The van der Waals surface area contributed by atoms with Crippen molar-refractivity contribution in [1.82, 2.24) is 0 Å². The zero-order valence-corrected chi connectivity index (χ0v) is 20.3. The first-order valence-corrected chi connectivity index (χ1v) is 11.4. The third kappa shape index (κ3) is 4.02. The molecule has 0 spiro atoms. The number of nitrogens with two attached hydrogens (primary N) is 1. The predicted octanol–water partition coefficient (Wildman–Crippen LogP) is -0.629. The molecule has 14 heteroatoms. The van der Waals surface area contributed by atoms with Crippen LogP contribution < -0.4 is 5.73 Å². The van der Waals surface area contributed by atoms with Gasteiger partial charge in [-0.2, -0.15) is 0 Å². The van der Waals surface area contributed by atoms with Gasteiger partial charge >= 0.3 is 0 Å². The summed E-state index contributed by atoms with van der Waals surface area (Å²) in [5.41, 5.74) is 2.50. The van der Waals surface area contributed by atoms with Crippen molar-refractivity contribution in [3.63, 3.8) is 0 Å². The lowest BCUT2D eigenvalue weighted by atomic mass is 8.97. The van der Waals surface area contributed by atoms with Crippen LogP contribution in [0.25, 0.3) is 5.76 Å². The maximum atomic E-state index is 13.4. The molecule has 1 aromatic carbocycles. The third-order valence-corrected chi connectivity index (χ3v) is 7.59. The summed E-state index contributed by atoms with van der Waals surface area (Å²) in [7, 11) is 15.8. The van der Waals surface area contributed by atoms with E-state index in [1.165, 1.54) is 20.1 Å². The summed E-state index contributed by atoms with van der Waals surface area (Å²) in [4.78, 5) is 37.6. The number of hydrogen-bond donors (Lipinski definition) is 5. The van der Waals surface area contributed by atoms with Crippen molar-refractivity contribution in [2.75, 3.05) is 0 Å². The largest absolute Gasteiger partial charge is 0.508 e. The van der Waals surface area contributed by atoms with Crippen LogP contribution in [0, 0.1) is 21.3 Å². The van der Waals surface area contributed by atoms with Gasteiger partial charge in [-0.25, -0.2) is 0 Å². The first-order chi connectivity index (χ1) is 15.8. The average Bonchev–Trinajstić information content (AvgIpc) is 2.77. The molecule has 4 atom stereocenters. The highest BCUT2D eigenvalue weighted by molar-refractivity contribution is 14.1. The van der Waals surface area contributed by atoms with Crippen molar-refractivity contribution in [2.24, 2.45) is 23.5 Å². The second kappa shape index (κ2) is 9.52. The van der Waals surface area contributed by atoms with Crippen LogP contribution in [0.15, 0.2) is 29.0 Å². The number of aliphatic hydroxyl groups excluding tert-OH is 2. The lowest BCUT2D eigenvalue weighted by Gasteiger charge is -2.48. The summed E-state index contributed by atoms with van der Waals surface area (Å²) < 4.78 is 0.792. The molecule has 4 rings (SSSR count). The molecule has 7 radical (unpaired) electrons. The minimum Gasteiger partial charge on any atom is -0.508 e. The number of carbonyl (C=O) groups is 3. The Morgan fingerprint density at radius 2 is 1.85 bits per heavy atom. The SMILES string of the molecule is C[C@@H]1C(=O)C(C(N)=O)=C(O)[C@@]2(O)C(=O)C3=C(O)c4c(O)ccc(I)c4CC3CC12.[B][B]B([B])[B]. The predicted molar refractivity (Wildman–Crippen MR) is 137 cm³/mol. The van der Waals surface area contributed by atoms with Crippen molar-refractivity contribution in [3.05, 3.63) is 43.7 Å². The first-order valence-electron chi connectivity index (χ1n) is 10.3. The molecule has 2 unspecified atom stereocenters. The van der Waals surface area contributed by atoms with Crippen molar-refractivity contribution < 1.29 is 34.8 Å². The van der Waals surface area contributed by atoms with Gasteiger partial charge in [0.25, 0.3) is 5.91 Å². The molecule has 0 aromatic heterocycles. The Hall–Kier alpha value is -2.08. The molecule has 0 aliphatic heterocycles. The van der Waals surface area contributed by atoms with E-state index in [2.05, 4.69) is 22.6 Å². The number of amides is 1. The van der Waals surface area contributed by atoms with Crippen LogP contribution in [0.3, 0.4) is 0 Å². The summed E-state index contributed by atoms with van der Waals surface area (Å²) >= 11 is 2.07. The normalized spacial score (nSPS) is 27.7. The molecular formula is C20H18B5INO7. The molecule has 34 heavy (non-hydrogen) atoms. The van der Waals surface area contributed by atoms with Gasteiger partial charge in [-0.3, -0.25) is 14.4 Å². The van der Waals surface area contributed by atoms with Gasteiger partial charge in [0.15, 0.2) is 11.4 Å². The fourth-order valence-electron chi connectivity index (χ4n) is 4.90. The van der Waals surface area contributed by atoms with Crippen LogP contribution in [0.1, 0.15) is 24.5 Å². The molecule has 1 saturated carbocycles. The number of benzene rings is 1.